The molecule has 1 N–H and O–H groups in total. The summed E-state index contributed by atoms with van der Waals surface area (Å²) in [6.07, 6.45) is 9.72. The average molecular weight is 609 g/mol. The summed E-state index contributed by atoms with van der Waals surface area (Å²) in [7, 11) is 0. The summed E-state index contributed by atoms with van der Waals surface area (Å²) in [6.45, 7) is 16.4. The second-order valence-electron chi connectivity index (χ2n) is 14.9. The first-order valence-corrected chi connectivity index (χ1v) is 16.7. The van der Waals surface area contributed by atoms with Crippen LogP contribution in [0.25, 0.3) is 10.9 Å². The molecule has 8 heteroatoms. The third-order valence-electron chi connectivity index (χ3n) is 10.8. The van der Waals surface area contributed by atoms with Crippen molar-refractivity contribution in [3.63, 3.8) is 0 Å². The predicted octanol–water partition coefficient (Wildman–Crippen LogP) is 6.59. The molecule has 2 aliphatic carbocycles. The Morgan fingerprint density at radius 3 is 2.40 bits per heavy atom. The number of nitrogens with zero attached hydrogens (tertiary/aromatic N) is 5. The van der Waals surface area contributed by atoms with Gasteiger partial charge in [0.2, 0.25) is 0 Å². The van der Waals surface area contributed by atoms with E-state index < -0.39 is 0 Å². The van der Waals surface area contributed by atoms with Crippen molar-refractivity contribution in [2.24, 2.45) is 16.7 Å². The van der Waals surface area contributed by atoms with Crippen LogP contribution in [0.5, 0.6) is 5.75 Å². The van der Waals surface area contributed by atoms with E-state index >= 15 is 0 Å². The number of pyridine rings is 2. The van der Waals surface area contributed by atoms with Crippen molar-refractivity contribution in [3.05, 3.63) is 59.9 Å². The van der Waals surface area contributed by atoms with E-state index in [0.717, 1.165) is 36.3 Å². The van der Waals surface area contributed by atoms with Gasteiger partial charge in [0, 0.05) is 66.4 Å². The van der Waals surface area contributed by atoms with Crippen LogP contribution in [0.3, 0.4) is 0 Å². The van der Waals surface area contributed by atoms with Gasteiger partial charge in [-0.05, 0) is 81.8 Å². The molecule has 1 saturated heterocycles. The van der Waals surface area contributed by atoms with Crippen molar-refractivity contribution in [2.45, 2.75) is 97.9 Å². The van der Waals surface area contributed by atoms with Gasteiger partial charge in [0.1, 0.15) is 23.7 Å². The number of hydrogen-bond donors (Lipinski definition) is 1. The number of nitriles is 1. The van der Waals surface area contributed by atoms with Crippen LogP contribution in [0, 0.1) is 28.1 Å². The highest BCUT2D eigenvalue weighted by molar-refractivity contribution is 5.94. The van der Waals surface area contributed by atoms with Crippen LogP contribution in [0.4, 0.5) is 5.82 Å². The average Bonchev–Trinajstić information content (AvgIpc) is 3.01. The fraction of sp³-hybridized carbons (Fsp3) is 0.568. The normalized spacial score (nSPS) is 23.0. The smallest absolute Gasteiger partial charge is 0.253 e. The highest BCUT2D eigenvalue weighted by Crippen LogP contribution is 2.56. The number of anilines is 1. The number of carbonyl (C=O) groups excluding carboxylic acids is 1. The third kappa shape index (κ3) is 5.88. The van der Waals surface area contributed by atoms with Gasteiger partial charge in [-0.1, -0.05) is 34.1 Å². The van der Waals surface area contributed by atoms with Gasteiger partial charge in [0.15, 0.2) is 0 Å². The number of ether oxygens (including phenoxy) is 1. The van der Waals surface area contributed by atoms with Crippen LogP contribution in [-0.4, -0.2) is 64.6 Å². The van der Waals surface area contributed by atoms with Gasteiger partial charge >= 0.3 is 0 Å². The van der Waals surface area contributed by atoms with Crippen molar-refractivity contribution >= 4 is 22.6 Å². The largest absolute Gasteiger partial charge is 0.488 e. The van der Waals surface area contributed by atoms with Crippen LogP contribution in [-0.2, 0) is 0 Å². The van der Waals surface area contributed by atoms with Gasteiger partial charge < -0.3 is 15.0 Å². The molecular weight excluding hydrogens is 560 g/mol. The van der Waals surface area contributed by atoms with Crippen molar-refractivity contribution in [1.82, 2.24) is 20.2 Å². The van der Waals surface area contributed by atoms with Crippen molar-refractivity contribution in [1.29, 1.82) is 5.26 Å². The second kappa shape index (κ2) is 12.2. The molecule has 6 rings (SSSR count). The number of amides is 1. The SMILES string of the molecule is CC(C)N(CC1CCN(c2ccc(C(=O)N[C@H]3C(C)(C)[C@H](Oc4ccc(C#N)c5ncccc45)C3(C)C)cn2)CC1)C1CCC1. The van der Waals surface area contributed by atoms with Crippen molar-refractivity contribution < 1.29 is 9.53 Å². The van der Waals surface area contributed by atoms with E-state index in [0.29, 0.717) is 28.4 Å². The molecule has 1 amide bonds. The Hall–Kier alpha value is -3.70. The van der Waals surface area contributed by atoms with E-state index in [1.165, 1.54) is 38.6 Å². The standard InChI is InChI=1S/C37H48N6O2/c1-24(2)43(28-9-7-10-28)23-25-16-19-42(20-17-25)31-15-13-27(22-40-31)33(44)41-34-36(3,4)35(37(34,5)6)45-30-14-12-26(21-38)32-29(30)11-8-18-39-32/h8,11-15,18,22,24-25,28,34-35H,7,9-10,16-17,19-20,23H2,1-6H3,(H,41,44)/t34-,35-. The summed E-state index contributed by atoms with van der Waals surface area (Å²) in [5.74, 6) is 2.28. The zero-order chi connectivity index (χ0) is 31.9. The number of aromatic nitrogens is 2. The molecule has 238 valence electrons. The zero-order valence-electron chi connectivity index (χ0n) is 27.7. The number of fused-ring (bicyclic) bond motifs is 1. The third-order valence-corrected chi connectivity index (χ3v) is 10.8. The molecule has 0 radical (unpaired) electrons. The summed E-state index contributed by atoms with van der Waals surface area (Å²) < 4.78 is 6.63. The van der Waals surface area contributed by atoms with Crippen molar-refractivity contribution in [3.8, 4) is 11.8 Å². The molecule has 2 saturated carbocycles. The number of piperidine rings is 1. The Morgan fingerprint density at radius 1 is 1.07 bits per heavy atom. The fourth-order valence-electron chi connectivity index (χ4n) is 8.33. The lowest BCUT2D eigenvalue weighted by Gasteiger charge is -2.63. The van der Waals surface area contributed by atoms with E-state index in [9.17, 15) is 10.1 Å². The Kier molecular flexibility index (Phi) is 8.51. The molecule has 3 fully saturated rings. The monoisotopic (exact) mass is 608 g/mol. The number of nitrogens with one attached hydrogen (secondary N) is 1. The lowest BCUT2D eigenvalue weighted by molar-refractivity contribution is -0.163. The molecule has 0 unspecified atom stereocenters. The Morgan fingerprint density at radius 2 is 1.80 bits per heavy atom. The predicted molar refractivity (Wildman–Crippen MR) is 178 cm³/mol. The van der Waals surface area contributed by atoms with E-state index in [2.05, 4.69) is 67.7 Å². The lowest BCUT2D eigenvalue weighted by Crippen LogP contribution is -2.74. The molecule has 0 bridgehead atoms. The van der Waals surface area contributed by atoms with Crippen LogP contribution in [0.2, 0.25) is 0 Å². The van der Waals surface area contributed by atoms with Crippen LogP contribution < -0.4 is 15.0 Å². The molecule has 3 aliphatic rings. The molecule has 8 nitrogen and oxygen atoms in total. The van der Waals surface area contributed by atoms with Crippen LogP contribution in [0.15, 0.2) is 48.8 Å². The lowest BCUT2D eigenvalue weighted by atomic mass is 9.49. The number of carbonyl (C=O) groups is 1. The molecule has 2 aromatic heterocycles. The highest BCUT2D eigenvalue weighted by Gasteiger charge is 2.64. The van der Waals surface area contributed by atoms with Crippen LogP contribution in [0.1, 0.15) is 89.6 Å². The molecule has 0 atom stereocenters. The molecular formula is C37H48N6O2. The number of benzene rings is 1. The fourth-order valence-corrected chi connectivity index (χ4v) is 8.33. The molecule has 3 heterocycles. The van der Waals surface area contributed by atoms with Gasteiger partial charge in [-0.25, -0.2) is 4.98 Å². The minimum absolute atomic E-state index is 0.102. The van der Waals surface area contributed by atoms with Gasteiger partial charge in [-0.3, -0.25) is 14.7 Å². The second-order valence-corrected chi connectivity index (χ2v) is 14.9. The Bertz CT molecular complexity index is 1550. The summed E-state index contributed by atoms with van der Waals surface area (Å²) in [4.78, 5) is 27.7. The maximum absolute atomic E-state index is 13.5. The molecule has 0 spiro atoms. The molecule has 45 heavy (non-hydrogen) atoms. The summed E-state index contributed by atoms with van der Waals surface area (Å²) >= 11 is 0. The van der Waals surface area contributed by atoms with Gasteiger partial charge in [-0.15, -0.1) is 0 Å². The van der Waals surface area contributed by atoms with Crippen molar-refractivity contribution in [2.75, 3.05) is 24.5 Å². The first-order valence-electron chi connectivity index (χ1n) is 16.7. The maximum atomic E-state index is 13.5. The highest BCUT2D eigenvalue weighted by atomic mass is 16.5. The van der Waals surface area contributed by atoms with E-state index in [4.69, 9.17) is 9.72 Å². The van der Waals surface area contributed by atoms with Crippen LogP contribution >= 0.6 is 0 Å². The van der Waals surface area contributed by atoms with Gasteiger partial charge in [-0.2, -0.15) is 5.26 Å². The van der Waals surface area contributed by atoms with E-state index in [-0.39, 0.29) is 28.9 Å². The van der Waals surface area contributed by atoms with E-state index in [1.807, 2.05) is 30.3 Å². The van der Waals surface area contributed by atoms with E-state index in [1.54, 1.807) is 18.5 Å². The first-order chi connectivity index (χ1) is 21.5. The summed E-state index contributed by atoms with van der Waals surface area (Å²) in [6, 6.07) is 14.8. The Labute approximate surface area is 268 Å². The minimum Gasteiger partial charge on any atom is -0.488 e. The Balaban J connectivity index is 1.06. The summed E-state index contributed by atoms with van der Waals surface area (Å²) in [5, 5.41) is 13.6. The summed E-state index contributed by atoms with van der Waals surface area (Å²) in [5.41, 5.74) is 1.07. The maximum Gasteiger partial charge on any atom is 0.253 e. The molecule has 1 aliphatic heterocycles. The quantitative estimate of drug-likeness (QED) is 0.293. The number of rotatable bonds is 9. The molecule has 3 aromatic rings. The first kappa shape index (κ1) is 31.3. The van der Waals surface area contributed by atoms with Gasteiger partial charge in [0.05, 0.1) is 16.6 Å². The number of hydrogen-bond acceptors (Lipinski definition) is 7. The minimum atomic E-state index is -0.330. The molecule has 1 aromatic carbocycles. The van der Waals surface area contributed by atoms with Gasteiger partial charge in [0.25, 0.3) is 5.91 Å². The topological polar surface area (TPSA) is 94.4 Å². The zero-order valence-corrected chi connectivity index (χ0v) is 27.7.